The number of benzene rings is 1. The second-order valence-electron chi connectivity index (χ2n) is 7.31. The highest BCUT2D eigenvalue weighted by Gasteiger charge is 2.54. The van der Waals surface area contributed by atoms with Crippen molar-refractivity contribution >= 4 is 17.7 Å². The summed E-state index contributed by atoms with van der Waals surface area (Å²) in [7, 11) is 2.95. The Labute approximate surface area is 158 Å². The van der Waals surface area contributed by atoms with E-state index >= 15 is 0 Å². The lowest BCUT2D eigenvalue weighted by atomic mass is 9.75. The van der Waals surface area contributed by atoms with Crippen LogP contribution in [0.2, 0.25) is 0 Å². The molecule has 27 heavy (non-hydrogen) atoms. The third-order valence-electron chi connectivity index (χ3n) is 5.77. The molecule has 2 heterocycles. The van der Waals surface area contributed by atoms with Gasteiger partial charge in [-0.15, -0.1) is 0 Å². The molecule has 146 valence electrons. The van der Waals surface area contributed by atoms with E-state index in [-0.39, 0.29) is 43.2 Å². The molecule has 2 aliphatic heterocycles. The minimum Gasteiger partial charge on any atom is -0.496 e. The maximum atomic E-state index is 13.2. The zero-order valence-corrected chi connectivity index (χ0v) is 15.8. The number of aliphatic hydroxyl groups excluding tert-OH is 1. The fourth-order valence-electron chi connectivity index (χ4n) is 4.25. The molecule has 3 amide bonds. The number of likely N-dealkylation sites (tertiary alicyclic amines) is 2. The molecule has 2 aliphatic rings. The van der Waals surface area contributed by atoms with Crippen LogP contribution in [-0.2, 0) is 19.8 Å². The van der Waals surface area contributed by atoms with Gasteiger partial charge in [0.2, 0.25) is 17.7 Å². The van der Waals surface area contributed by atoms with E-state index in [2.05, 4.69) is 0 Å². The number of carbonyl (C=O) groups is 3. The summed E-state index contributed by atoms with van der Waals surface area (Å²) in [5.74, 6) is -0.422. The Kier molecular flexibility index (Phi) is 5.51. The number of aliphatic hydroxyl groups is 1. The smallest absolute Gasteiger partial charge is 0.240 e. The number of amides is 3. The monoisotopic (exact) mass is 374 g/mol. The lowest BCUT2D eigenvalue weighted by Gasteiger charge is -2.37. The van der Waals surface area contributed by atoms with Gasteiger partial charge < -0.3 is 14.7 Å². The molecular weight excluding hydrogens is 348 g/mol. The first kappa shape index (κ1) is 19.4. The largest absolute Gasteiger partial charge is 0.496 e. The number of carbonyl (C=O) groups excluding carboxylic acids is 3. The second kappa shape index (κ2) is 7.68. The molecular formula is C20H26N2O5. The third-order valence-corrected chi connectivity index (χ3v) is 5.77. The summed E-state index contributed by atoms with van der Waals surface area (Å²) in [5.41, 5.74) is -0.714. The number of rotatable bonds is 5. The fourth-order valence-corrected chi connectivity index (χ4v) is 4.25. The summed E-state index contributed by atoms with van der Waals surface area (Å²) >= 11 is 0. The summed E-state index contributed by atoms with van der Waals surface area (Å²) < 4.78 is 5.42. The van der Waals surface area contributed by atoms with Crippen LogP contribution in [0.5, 0.6) is 5.75 Å². The average Bonchev–Trinajstić information content (AvgIpc) is 2.92. The molecule has 3 rings (SSSR count). The van der Waals surface area contributed by atoms with Crippen LogP contribution in [0.25, 0.3) is 0 Å². The van der Waals surface area contributed by atoms with Gasteiger partial charge >= 0.3 is 0 Å². The molecule has 2 fully saturated rings. The van der Waals surface area contributed by atoms with Crippen molar-refractivity contribution < 1.29 is 24.2 Å². The molecule has 0 spiro atoms. The molecule has 0 saturated carbocycles. The Balaban J connectivity index is 2.00. The molecule has 0 radical (unpaired) electrons. The average molecular weight is 374 g/mol. The molecule has 7 nitrogen and oxygen atoms in total. The van der Waals surface area contributed by atoms with Crippen molar-refractivity contribution in [3.05, 3.63) is 29.8 Å². The van der Waals surface area contributed by atoms with Gasteiger partial charge in [-0.2, -0.15) is 0 Å². The van der Waals surface area contributed by atoms with Crippen molar-refractivity contribution in [1.29, 1.82) is 0 Å². The van der Waals surface area contributed by atoms with Crippen molar-refractivity contribution in [3.63, 3.8) is 0 Å². The van der Waals surface area contributed by atoms with Gasteiger partial charge in [-0.1, -0.05) is 18.2 Å². The number of likely N-dealkylation sites (N-methyl/N-ethyl adjacent to an activating group) is 1. The minimum atomic E-state index is -1.27. The predicted octanol–water partition coefficient (Wildman–Crippen LogP) is 1.09. The van der Waals surface area contributed by atoms with Gasteiger partial charge in [0.1, 0.15) is 5.75 Å². The number of hydrogen-bond acceptors (Lipinski definition) is 5. The number of hydrogen-bond donors (Lipinski definition) is 1. The zero-order valence-electron chi connectivity index (χ0n) is 15.8. The molecule has 7 heteroatoms. The topological polar surface area (TPSA) is 87.2 Å². The summed E-state index contributed by atoms with van der Waals surface area (Å²) in [6.07, 6.45) is 2.41. The van der Waals surface area contributed by atoms with Gasteiger partial charge in [0.05, 0.1) is 25.2 Å². The van der Waals surface area contributed by atoms with E-state index in [1.165, 1.54) is 14.2 Å². The van der Waals surface area contributed by atoms with Gasteiger partial charge in [0.15, 0.2) is 0 Å². The molecule has 1 aromatic rings. The maximum absolute atomic E-state index is 13.2. The van der Waals surface area contributed by atoms with Gasteiger partial charge in [0, 0.05) is 32.0 Å². The summed E-state index contributed by atoms with van der Waals surface area (Å²) in [6.45, 7) is 0.463. The number of nitrogens with zero attached hydrogens (tertiary/aromatic N) is 2. The molecule has 0 aliphatic carbocycles. The van der Waals surface area contributed by atoms with Crippen LogP contribution in [0.1, 0.15) is 37.7 Å². The minimum absolute atomic E-state index is 0.0634. The molecule has 0 aromatic heterocycles. The molecule has 0 bridgehead atoms. The van der Waals surface area contributed by atoms with E-state index in [4.69, 9.17) is 4.74 Å². The van der Waals surface area contributed by atoms with E-state index in [1.54, 1.807) is 29.2 Å². The quantitative estimate of drug-likeness (QED) is 0.780. The Bertz CT molecular complexity index is 750. The third kappa shape index (κ3) is 3.32. The normalized spacial score (nSPS) is 25.8. The van der Waals surface area contributed by atoms with Crippen LogP contribution in [0.4, 0.5) is 0 Å². The standard InChI is InChI=1S/C20H26N2O5/c1-21-17(24)11-20(19(21)26,15-8-3-4-9-16(15)27-2)12-18(25)22-10-6-5-7-14(22)13-23/h3-4,8-9,14,23H,5-7,10-13H2,1-2H3/t14-,20+/m1/s1. The highest BCUT2D eigenvalue weighted by Crippen LogP contribution is 2.44. The number of methoxy groups -OCH3 is 1. The Morgan fingerprint density at radius 3 is 2.67 bits per heavy atom. The molecule has 1 aromatic carbocycles. The van der Waals surface area contributed by atoms with Crippen LogP contribution < -0.4 is 4.74 Å². The fraction of sp³-hybridized carbons (Fsp3) is 0.550. The highest BCUT2D eigenvalue weighted by molar-refractivity contribution is 6.10. The van der Waals surface area contributed by atoms with E-state index in [0.717, 1.165) is 24.2 Å². The molecule has 2 saturated heterocycles. The van der Waals surface area contributed by atoms with Crippen LogP contribution in [-0.4, -0.2) is 66.0 Å². The van der Waals surface area contributed by atoms with Crippen LogP contribution in [0.15, 0.2) is 24.3 Å². The van der Waals surface area contributed by atoms with Crippen LogP contribution in [0.3, 0.4) is 0 Å². The maximum Gasteiger partial charge on any atom is 0.240 e. The van der Waals surface area contributed by atoms with E-state index < -0.39 is 5.41 Å². The van der Waals surface area contributed by atoms with E-state index in [1.807, 2.05) is 0 Å². The van der Waals surface area contributed by atoms with Gasteiger partial charge in [-0.25, -0.2) is 0 Å². The van der Waals surface area contributed by atoms with Gasteiger partial charge in [-0.05, 0) is 25.3 Å². The van der Waals surface area contributed by atoms with E-state index in [0.29, 0.717) is 17.9 Å². The zero-order chi connectivity index (χ0) is 19.6. The first-order valence-electron chi connectivity index (χ1n) is 9.29. The summed E-state index contributed by atoms with van der Waals surface area (Å²) in [6, 6.07) is 6.81. The first-order chi connectivity index (χ1) is 12.9. The number of ether oxygens (including phenoxy) is 1. The molecule has 2 atom stereocenters. The van der Waals surface area contributed by atoms with Gasteiger partial charge in [-0.3, -0.25) is 19.3 Å². The predicted molar refractivity (Wildman–Crippen MR) is 98.1 cm³/mol. The Morgan fingerprint density at radius 1 is 1.30 bits per heavy atom. The highest BCUT2D eigenvalue weighted by atomic mass is 16.5. The summed E-state index contributed by atoms with van der Waals surface area (Å²) in [5, 5.41) is 9.63. The first-order valence-corrected chi connectivity index (χ1v) is 9.29. The van der Waals surface area contributed by atoms with Crippen molar-refractivity contribution in [2.75, 3.05) is 27.3 Å². The van der Waals surface area contributed by atoms with Crippen LogP contribution in [0, 0.1) is 0 Å². The summed E-state index contributed by atoms with van der Waals surface area (Å²) in [4.78, 5) is 41.4. The Morgan fingerprint density at radius 2 is 2.04 bits per heavy atom. The second-order valence-corrected chi connectivity index (χ2v) is 7.31. The van der Waals surface area contributed by atoms with Crippen molar-refractivity contribution in [2.45, 2.75) is 43.6 Å². The van der Waals surface area contributed by atoms with E-state index in [9.17, 15) is 19.5 Å². The van der Waals surface area contributed by atoms with Crippen molar-refractivity contribution in [3.8, 4) is 5.75 Å². The Hall–Kier alpha value is -2.41. The number of piperidine rings is 1. The van der Waals surface area contributed by atoms with Crippen LogP contribution >= 0.6 is 0 Å². The lowest BCUT2D eigenvalue weighted by molar-refractivity contribution is -0.143. The molecule has 1 N–H and O–H groups in total. The lowest BCUT2D eigenvalue weighted by Crippen LogP contribution is -2.49. The number of para-hydroxylation sites is 1. The SMILES string of the molecule is COc1ccccc1[C@@]1(CC(=O)N2CCCC[C@@H]2CO)CC(=O)N(C)C1=O. The molecule has 0 unspecified atom stereocenters. The number of imide groups is 1. The van der Waals surface area contributed by atoms with Crippen molar-refractivity contribution in [2.24, 2.45) is 0 Å². The van der Waals surface area contributed by atoms with Crippen molar-refractivity contribution in [1.82, 2.24) is 9.80 Å². The van der Waals surface area contributed by atoms with Gasteiger partial charge in [0.25, 0.3) is 0 Å².